The first-order chi connectivity index (χ1) is 9.94. The molecule has 2 aromatic carbocycles. The summed E-state index contributed by atoms with van der Waals surface area (Å²) in [6.45, 7) is 1.50. The fraction of sp³-hybridized carbons (Fsp3) is 0.133. The molecule has 0 bridgehead atoms. The highest BCUT2D eigenvalue weighted by Crippen LogP contribution is 2.21. The van der Waals surface area contributed by atoms with Crippen molar-refractivity contribution < 1.29 is 12.8 Å². The van der Waals surface area contributed by atoms with Crippen LogP contribution in [0.15, 0.2) is 47.4 Å². The van der Waals surface area contributed by atoms with Crippen LogP contribution in [-0.2, 0) is 16.4 Å². The van der Waals surface area contributed by atoms with Gasteiger partial charge in [-0.1, -0.05) is 18.2 Å². The first-order valence-electron chi connectivity index (χ1n) is 6.18. The highest BCUT2D eigenvalue weighted by Gasteiger charge is 2.16. The highest BCUT2D eigenvalue weighted by atomic mass is 32.2. The summed E-state index contributed by atoms with van der Waals surface area (Å²) in [5.41, 5.74) is 1.18. The average Bonchev–Trinajstić information content (AvgIpc) is 2.45. The molecule has 0 aliphatic rings. The third-order valence-corrected chi connectivity index (χ3v) is 4.41. The van der Waals surface area contributed by atoms with Gasteiger partial charge in [0.2, 0.25) is 0 Å². The molecule has 4 nitrogen and oxygen atoms in total. The van der Waals surface area contributed by atoms with Gasteiger partial charge in [0.25, 0.3) is 10.0 Å². The Bertz CT molecular complexity index is 793. The predicted molar refractivity (Wildman–Crippen MR) is 77.7 cm³/mol. The minimum atomic E-state index is -3.78. The molecule has 1 N–H and O–H groups in total. The first-order valence-corrected chi connectivity index (χ1v) is 7.66. The Morgan fingerprint density at radius 2 is 1.86 bits per heavy atom. The van der Waals surface area contributed by atoms with Gasteiger partial charge in [0, 0.05) is 5.56 Å². The molecule has 21 heavy (non-hydrogen) atoms. The summed E-state index contributed by atoms with van der Waals surface area (Å²) in [6.07, 6.45) is 0.219. The first kappa shape index (κ1) is 15.0. The number of sulfonamides is 1. The summed E-state index contributed by atoms with van der Waals surface area (Å²) in [6, 6.07) is 12.2. The minimum absolute atomic E-state index is 0.0628. The van der Waals surface area contributed by atoms with E-state index in [0.717, 1.165) is 5.56 Å². The van der Waals surface area contributed by atoms with E-state index in [1.807, 2.05) is 6.07 Å². The molecule has 0 heterocycles. The molecule has 6 heteroatoms. The lowest BCUT2D eigenvalue weighted by Gasteiger charge is -2.11. The average molecular weight is 304 g/mol. The van der Waals surface area contributed by atoms with Crippen LogP contribution < -0.4 is 4.72 Å². The Morgan fingerprint density at radius 1 is 1.19 bits per heavy atom. The maximum atomic E-state index is 13.4. The highest BCUT2D eigenvalue weighted by molar-refractivity contribution is 7.92. The summed E-state index contributed by atoms with van der Waals surface area (Å²) in [5, 5.41) is 8.58. The van der Waals surface area contributed by atoms with Crippen molar-refractivity contribution in [1.29, 1.82) is 5.26 Å². The zero-order chi connectivity index (χ0) is 15.5. The molecular formula is C15H13FN2O2S. The van der Waals surface area contributed by atoms with Crippen molar-refractivity contribution >= 4 is 15.7 Å². The van der Waals surface area contributed by atoms with Crippen molar-refractivity contribution in [3.05, 3.63) is 59.4 Å². The quantitative estimate of drug-likeness (QED) is 0.944. The Morgan fingerprint density at radius 3 is 2.48 bits per heavy atom. The van der Waals surface area contributed by atoms with E-state index in [0.29, 0.717) is 0 Å². The van der Waals surface area contributed by atoms with E-state index < -0.39 is 15.8 Å². The standard InChI is InChI=1S/C15H13FN2O2S/c1-11-14(16)3-2-4-15(11)18-21(19,20)13-7-5-12(6-8-13)9-10-17/h2-8,18H,9H2,1H3. The number of nitrogens with one attached hydrogen (secondary N) is 1. The van der Waals surface area contributed by atoms with Gasteiger partial charge >= 0.3 is 0 Å². The van der Waals surface area contributed by atoms with Gasteiger partial charge in [-0.2, -0.15) is 5.26 Å². The molecule has 2 aromatic rings. The molecule has 0 saturated carbocycles. The van der Waals surface area contributed by atoms with Crippen molar-refractivity contribution in [2.45, 2.75) is 18.2 Å². The van der Waals surface area contributed by atoms with Gasteiger partial charge in [-0.3, -0.25) is 4.72 Å². The summed E-state index contributed by atoms with van der Waals surface area (Å²) in [4.78, 5) is 0.0628. The number of nitriles is 1. The van der Waals surface area contributed by atoms with E-state index in [-0.39, 0.29) is 22.6 Å². The fourth-order valence-electron chi connectivity index (χ4n) is 1.80. The zero-order valence-electron chi connectivity index (χ0n) is 11.3. The van der Waals surface area contributed by atoms with Crippen molar-refractivity contribution in [3.8, 4) is 6.07 Å². The number of hydrogen-bond donors (Lipinski definition) is 1. The van der Waals surface area contributed by atoms with Gasteiger partial charge in [-0.25, -0.2) is 12.8 Å². The van der Waals surface area contributed by atoms with E-state index in [9.17, 15) is 12.8 Å². The molecule has 108 valence electrons. The summed E-state index contributed by atoms with van der Waals surface area (Å²) in [7, 11) is -3.78. The Balaban J connectivity index is 2.30. The normalized spacial score (nSPS) is 10.9. The van der Waals surface area contributed by atoms with Crippen LogP contribution in [0.5, 0.6) is 0 Å². The minimum Gasteiger partial charge on any atom is -0.279 e. The number of halogens is 1. The Kier molecular flexibility index (Phi) is 4.24. The lowest BCUT2D eigenvalue weighted by molar-refractivity contribution is 0.600. The van der Waals surface area contributed by atoms with Gasteiger partial charge < -0.3 is 0 Å². The number of hydrogen-bond acceptors (Lipinski definition) is 3. The number of rotatable bonds is 4. The third kappa shape index (κ3) is 3.38. The van der Waals surface area contributed by atoms with Crippen LogP contribution in [0.25, 0.3) is 0 Å². The van der Waals surface area contributed by atoms with Gasteiger partial charge in [-0.15, -0.1) is 0 Å². The van der Waals surface area contributed by atoms with E-state index in [2.05, 4.69) is 4.72 Å². The molecule has 0 radical (unpaired) electrons. The van der Waals surface area contributed by atoms with E-state index >= 15 is 0 Å². The van der Waals surface area contributed by atoms with Crippen LogP contribution in [0.4, 0.5) is 10.1 Å². The van der Waals surface area contributed by atoms with E-state index in [4.69, 9.17) is 5.26 Å². The van der Waals surface area contributed by atoms with E-state index in [1.54, 1.807) is 12.1 Å². The van der Waals surface area contributed by atoms with Gasteiger partial charge in [-0.05, 0) is 36.8 Å². The smallest absolute Gasteiger partial charge is 0.261 e. The molecule has 0 atom stereocenters. The summed E-state index contributed by atoms with van der Waals surface area (Å²) in [5.74, 6) is -0.473. The lowest BCUT2D eigenvalue weighted by Crippen LogP contribution is -2.14. The van der Waals surface area contributed by atoms with Crippen molar-refractivity contribution in [1.82, 2.24) is 0 Å². The summed E-state index contributed by atoms with van der Waals surface area (Å²) >= 11 is 0. The number of benzene rings is 2. The molecule has 0 unspecified atom stereocenters. The molecule has 0 saturated heterocycles. The van der Waals surface area contributed by atoms with Crippen LogP contribution >= 0.6 is 0 Å². The van der Waals surface area contributed by atoms with Crippen LogP contribution in [0, 0.1) is 24.1 Å². The molecule has 0 aromatic heterocycles. The molecule has 0 aliphatic heterocycles. The van der Waals surface area contributed by atoms with Crippen molar-refractivity contribution in [2.75, 3.05) is 4.72 Å². The van der Waals surface area contributed by atoms with Gasteiger partial charge in [0.1, 0.15) is 5.82 Å². The van der Waals surface area contributed by atoms with Crippen LogP contribution in [0.1, 0.15) is 11.1 Å². The fourth-order valence-corrected chi connectivity index (χ4v) is 2.92. The molecule has 2 rings (SSSR count). The maximum absolute atomic E-state index is 13.4. The summed E-state index contributed by atoms with van der Waals surface area (Å²) < 4.78 is 40.3. The van der Waals surface area contributed by atoms with Crippen molar-refractivity contribution in [2.24, 2.45) is 0 Å². The lowest BCUT2D eigenvalue weighted by atomic mass is 10.2. The molecule has 0 fully saturated rings. The Hall–Kier alpha value is -2.39. The Labute approximate surface area is 122 Å². The number of nitrogens with zero attached hydrogens (tertiary/aromatic N) is 1. The van der Waals surface area contributed by atoms with Crippen LogP contribution in [-0.4, -0.2) is 8.42 Å². The molecule has 0 aliphatic carbocycles. The van der Waals surface area contributed by atoms with Gasteiger partial charge in [0.15, 0.2) is 0 Å². The predicted octanol–water partition coefficient (Wildman–Crippen LogP) is 3.00. The molecule has 0 amide bonds. The molecular weight excluding hydrogens is 291 g/mol. The maximum Gasteiger partial charge on any atom is 0.261 e. The monoisotopic (exact) mass is 304 g/mol. The van der Waals surface area contributed by atoms with Crippen LogP contribution in [0.2, 0.25) is 0 Å². The van der Waals surface area contributed by atoms with Crippen LogP contribution in [0.3, 0.4) is 0 Å². The second-order valence-corrected chi connectivity index (χ2v) is 6.18. The topological polar surface area (TPSA) is 70.0 Å². The second kappa shape index (κ2) is 5.94. The number of anilines is 1. The largest absolute Gasteiger partial charge is 0.279 e. The van der Waals surface area contributed by atoms with Crippen molar-refractivity contribution in [3.63, 3.8) is 0 Å². The van der Waals surface area contributed by atoms with E-state index in [1.165, 1.54) is 37.3 Å². The molecule has 0 spiro atoms. The van der Waals surface area contributed by atoms with Gasteiger partial charge in [0.05, 0.1) is 23.1 Å². The second-order valence-electron chi connectivity index (χ2n) is 4.50. The zero-order valence-corrected chi connectivity index (χ0v) is 12.1. The third-order valence-electron chi connectivity index (χ3n) is 3.03. The SMILES string of the molecule is Cc1c(F)cccc1NS(=O)(=O)c1ccc(CC#N)cc1.